The van der Waals surface area contributed by atoms with Crippen LogP contribution in [0.5, 0.6) is 11.5 Å². The van der Waals surface area contributed by atoms with Crippen molar-refractivity contribution >= 4 is 11.6 Å². The van der Waals surface area contributed by atoms with Crippen molar-refractivity contribution in [1.82, 2.24) is 0 Å². The molecule has 0 unspecified atom stereocenters. The Morgan fingerprint density at radius 3 is 2.33 bits per heavy atom. The van der Waals surface area contributed by atoms with Gasteiger partial charge < -0.3 is 14.8 Å². The van der Waals surface area contributed by atoms with Crippen molar-refractivity contribution in [2.45, 2.75) is 19.3 Å². The van der Waals surface area contributed by atoms with E-state index in [2.05, 4.69) is 11.4 Å². The molecule has 0 atom stereocenters. The SMILES string of the molecule is COc1ccc(CCC(=O)Nc2ccc(CC#N)cc2)cc1OC. The molecule has 5 nitrogen and oxygen atoms in total. The van der Waals surface area contributed by atoms with Crippen LogP contribution in [0.2, 0.25) is 0 Å². The van der Waals surface area contributed by atoms with Crippen LogP contribution in [-0.4, -0.2) is 20.1 Å². The highest BCUT2D eigenvalue weighted by molar-refractivity contribution is 5.90. The molecule has 1 amide bonds. The van der Waals surface area contributed by atoms with Gasteiger partial charge in [-0.15, -0.1) is 0 Å². The molecule has 0 aliphatic heterocycles. The van der Waals surface area contributed by atoms with Gasteiger partial charge in [-0.1, -0.05) is 18.2 Å². The molecule has 1 N–H and O–H groups in total. The van der Waals surface area contributed by atoms with E-state index in [1.54, 1.807) is 26.4 Å². The van der Waals surface area contributed by atoms with E-state index >= 15 is 0 Å². The molecule has 0 bridgehead atoms. The lowest BCUT2D eigenvalue weighted by Crippen LogP contribution is -2.12. The van der Waals surface area contributed by atoms with Gasteiger partial charge in [0.1, 0.15) is 0 Å². The number of nitrogens with one attached hydrogen (secondary N) is 1. The fraction of sp³-hybridized carbons (Fsp3) is 0.263. The highest BCUT2D eigenvalue weighted by atomic mass is 16.5. The molecule has 0 fully saturated rings. The van der Waals surface area contributed by atoms with Crippen molar-refractivity contribution < 1.29 is 14.3 Å². The average Bonchev–Trinajstić information content (AvgIpc) is 2.61. The Labute approximate surface area is 141 Å². The number of carbonyl (C=O) groups is 1. The van der Waals surface area contributed by atoms with E-state index in [1.165, 1.54) is 0 Å². The van der Waals surface area contributed by atoms with Crippen molar-refractivity contribution in [2.75, 3.05) is 19.5 Å². The summed E-state index contributed by atoms with van der Waals surface area (Å²) in [6, 6.07) is 15.0. The third kappa shape index (κ3) is 4.75. The first-order valence-electron chi connectivity index (χ1n) is 7.63. The van der Waals surface area contributed by atoms with Crippen molar-refractivity contribution in [2.24, 2.45) is 0 Å². The number of carbonyl (C=O) groups excluding carboxylic acids is 1. The Morgan fingerprint density at radius 1 is 1.04 bits per heavy atom. The molecule has 0 aliphatic rings. The van der Waals surface area contributed by atoms with Crippen LogP contribution < -0.4 is 14.8 Å². The van der Waals surface area contributed by atoms with Crippen molar-refractivity contribution in [3.8, 4) is 17.6 Å². The lowest BCUT2D eigenvalue weighted by atomic mass is 10.1. The van der Waals surface area contributed by atoms with Crippen LogP contribution in [0.4, 0.5) is 5.69 Å². The molecular formula is C19H20N2O3. The standard InChI is InChI=1S/C19H20N2O3/c1-23-17-9-5-15(13-18(17)24-2)6-10-19(22)21-16-7-3-14(4-8-16)11-12-20/h3-5,7-9,13H,6,10-11H2,1-2H3,(H,21,22). The maximum atomic E-state index is 12.1. The van der Waals surface area contributed by atoms with Crippen LogP contribution in [0.25, 0.3) is 0 Å². The summed E-state index contributed by atoms with van der Waals surface area (Å²) in [4.78, 5) is 12.1. The molecule has 0 aliphatic carbocycles. The molecule has 0 spiro atoms. The Kier molecular flexibility index (Phi) is 6.21. The fourth-order valence-corrected chi connectivity index (χ4v) is 2.31. The molecule has 0 heterocycles. The van der Waals surface area contributed by atoms with E-state index in [-0.39, 0.29) is 5.91 Å². The molecule has 24 heavy (non-hydrogen) atoms. The highest BCUT2D eigenvalue weighted by Crippen LogP contribution is 2.28. The van der Waals surface area contributed by atoms with Crippen LogP contribution in [0, 0.1) is 11.3 Å². The average molecular weight is 324 g/mol. The monoisotopic (exact) mass is 324 g/mol. The minimum absolute atomic E-state index is 0.0576. The van der Waals surface area contributed by atoms with Gasteiger partial charge in [0.25, 0.3) is 0 Å². The van der Waals surface area contributed by atoms with Gasteiger partial charge in [-0.3, -0.25) is 4.79 Å². The van der Waals surface area contributed by atoms with Gasteiger partial charge in [0.2, 0.25) is 5.91 Å². The van der Waals surface area contributed by atoms with E-state index in [9.17, 15) is 4.79 Å². The van der Waals surface area contributed by atoms with Gasteiger partial charge in [0, 0.05) is 12.1 Å². The number of hydrogen-bond acceptors (Lipinski definition) is 4. The second-order valence-corrected chi connectivity index (χ2v) is 5.27. The van der Waals surface area contributed by atoms with Gasteiger partial charge >= 0.3 is 0 Å². The number of aryl methyl sites for hydroxylation is 1. The van der Waals surface area contributed by atoms with E-state index in [0.29, 0.717) is 30.8 Å². The minimum Gasteiger partial charge on any atom is -0.493 e. The summed E-state index contributed by atoms with van der Waals surface area (Å²) >= 11 is 0. The normalized spacial score (nSPS) is 9.88. The predicted octanol–water partition coefficient (Wildman–Crippen LogP) is 3.34. The van der Waals surface area contributed by atoms with Gasteiger partial charge in [-0.25, -0.2) is 0 Å². The molecule has 2 aromatic rings. The largest absolute Gasteiger partial charge is 0.493 e. The summed E-state index contributed by atoms with van der Waals surface area (Å²) in [5, 5.41) is 11.5. The van der Waals surface area contributed by atoms with Crippen molar-refractivity contribution in [3.63, 3.8) is 0 Å². The van der Waals surface area contributed by atoms with Crippen LogP contribution >= 0.6 is 0 Å². The van der Waals surface area contributed by atoms with E-state index in [4.69, 9.17) is 14.7 Å². The number of ether oxygens (including phenoxy) is 2. The molecule has 124 valence electrons. The number of methoxy groups -OCH3 is 2. The van der Waals surface area contributed by atoms with Crippen LogP contribution in [-0.2, 0) is 17.6 Å². The van der Waals surface area contributed by atoms with Crippen molar-refractivity contribution in [3.05, 3.63) is 53.6 Å². The number of amides is 1. The first-order valence-corrected chi connectivity index (χ1v) is 7.63. The van der Waals surface area contributed by atoms with Crippen molar-refractivity contribution in [1.29, 1.82) is 5.26 Å². The fourth-order valence-electron chi connectivity index (χ4n) is 2.31. The lowest BCUT2D eigenvalue weighted by molar-refractivity contribution is -0.116. The van der Waals surface area contributed by atoms with Crippen LogP contribution in [0.3, 0.4) is 0 Å². The van der Waals surface area contributed by atoms with Crippen LogP contribution in [0.15, 0.2) is 42.5 Å². The first kappa shape index (κ1) is 17.4. The quantitative estimate of drug-likeness (QED) is 0.848. The second kappa shape index (κ2) is 8.59. The smallest absolute Gasteiger partial charge is 0.224 e. The van der Waals surface area contributed by atoms with Gasteiger partial charge in [-0.05, 0) is 41.8 Å². The maximum absolute atomic E-state index is 12.1. The number of benzene rings is 2. The molecule has 0 saturated carbocycles. The summed E-state index contributed by atoms with van der Waals surface area (Å²) < 4.78 is 10.5. The summed E-state index contributed by atoms with van der Waals surface area (Å²) in [7, 11) is 3.18. The molecule has 0 radical (unpaired) electrons. The van der Waals surface area contributed by atoms with Gasteiger partial charge in [-0.2, -0.15) is 5.26 Å². The Hall–Kier alpha value is -3.00. The number of rotatable bonds is 7. The lowest BCUT2D eigenvalue weighted by Gasteiger charge is -2.10. The third-order valence-corrected chi connectivity index (χ3v) is 3.61. The van der Waals surface area contributed by atoms with Gasteiger partial charge in [0.15, 0.2) is 11.5 Å². The Balaban J connectivity index is 1.90. The zero-order valence-corrected chi connectivity index (χ0v) is 13.8. The molecule has 0 saturated heterocycles. The molecule has 2 rings (SSSR count). The Bertz CT molecular complexity index is 733. The summed E-state index contributed by atoms with van der Waals surface area (Å²) in [6.07, 6.45) is 1.35. The zero-order valence-electron chi connectivity index (χ0n) is 13.8. The van der Waals surface area contributed by atoms with Gasteiger partial charge in [0.05, 0.1) is 26.7 Å². The molecule has 5 heteroatoms. The van der Waals surface area contributed by atoms with E-state index in [1.807, 2.05) is 30.3 Å². The summed E-state index contributed by atoms with van der Waals surface area (Å²) in [5.41, 5.74) is 2.67. The summed E-state index contributed by atoms with van der Waals surface area (Å²) in [6.45, 7) is 0. The Morgan fingerprint density at radius 2 is 1.71 bits per heavy atom. The molecule has 0 aromatic heterocycles. The number of nitrogens with zero attached hydrogens (tertiary/aromatic N) is 1. The maximum Gasteiger partial charge on any atom is 0.224 e. The number of nitriles is 1. The second-order valence-electron chi connectivity index (χ2n) is 5.27. The first-order chi connectivity index (χ1) is 11.7. The zero-order chi connectivity index (χ0) is 17.4. The van der Waals surface area contributed by atoms with E-state index < -0.39 is 0 Å². The minimum atomic E-state index is -0.0576. The molecular weight excluding hydrogens is 304 g/mol. The highest BCUT2D eigenvalue weighted by Gasteiger charge is 2.07. The molecule has 2 aromatic carbocycles. The topological polar surface area (TPSA) is 71.3 Å². The number of hydrogen-bond donors (Lipinski definition) is 1. The number of anilines is 1. The van der Waals surface area contributed by atoms with Crippen LogP contribution in [0.1, 0.15) is 17.5 Å². The third-order valence-electron chi connectivity index (χ3n) is 3.61. The van der Waals surface area contributed by atoms with E-state index in [0.717, 1.165) is 16.8 Å². The predicted molar refractivity (Wildman–Crippen MR) is 92.3 cm³/mol. The summed E-state index contributed by atoms with van der Waals surface area (Å²) in [5.74, 6) is 1.27.